The highest BCUT2D eigenvalue weighted by atomic mass is 19.4. The van der Waals surface area contributed by atoms with Crippen molar-refractivity contribution in [2.45, 2.75) is 130 Å². The summed E-state index contributed by atoms with van der Waals surface area (Å²) < 4.78 is 41.9. The molecule has 0 saturated heterocycles. The van der Waals surface area contributed by atoms with Gasteiger partial charge in [0.15, 0.2) is 5.60 Å². The van der Waals surface area contributed by atoms with E-state index in [4.69, 9.17) is 0 Å². The minimum Gasteiger partial charge on any atom is -0.393 e. The standard InChI is InChI=1S/C31H49F3O2/c1-18(9-12-26(35)21-7-6-8-21)23-10-11-24-22-17-19(2)27-20(3)30(36,31(32,33)34)16-15-29(27,5)25(22)13-14-28(23,24)4/h18,20-26,35-36H,6-17H2,1-5H3/t18-,20?,22-,23-,24-,25-,26-,28+,29+,30-/m0/s1. The largest absolute Gasteiger partial charge is 0.417 e. The highest BCUT2D eigenvalue weighted by Crippen LogP contribution is 2.70. The normalized spacial score (nSPS) is 47.0. The van der Waals surface area contributed by atoms with Crippen LogP contribution in [-0.4, -0.2) is 28.1 Å². The molecule has 5 aliphatic carbocycles. The van der Waals surface area contributed by atoms with Gasteiger partial charge in [-0.1, -0.05) is 45.3 Å². The Bertz CT molecular complexity index is 878. The summed E-state index contributed by atoms with van der Waals surface area (Å²) in [5.41, 5.74) is -0.494. The molecular formula is C31H49F3O2. The van der Waals surface area contributed by atoms with Crippen molar-refractivity contribution in [1.29, 1.82) is 0 Å². The van der Waals surface area contributed by atoms with Gasteiger partial charge in [-0.3, -0.25) is 0 Å². The number of halogens is 3. The summed E-state index contributed by atoms with van der Waals surface area (Å²) in [4.78, 5) is 0. The monoisotopic (exact) mass is 510 g/mol. The maximum absolute atomic E-state index is 14.0. The van der Waals surface area contributed by atoms with Gasteiger partial charge in [0.1, 0.15) is 0 Å². The zero-order valence-corrected chi connectivity index (χ0v) is 23.1. The summed E-state index contributed by atoms with van der Waals surface area (Å²) >= 11 is 0. The topological polar surface area (TPSA) is 40.5 Å². The summed E-state index contributed by atoms with van der Waals surface area (Å²) in [6.07, 6.45) is 6.85. The van der Waals surface area contributed by atoms with Crippen LogP contribution in [0.2, 0.25) is 0 Å². The molecule has 5 heteroatoms. The first-order valence-electron chi connectivity index (χ1n) is 14.9. The molecule has 2 N–H and O–H groups in total. The van der Waals surface area contributed by atoms with Crippen LogP contribution in [0, 0.1) is 52.3 Å². The molecular weight excluding hydrogens is 461 g/mol. The fourth-order valence-corrected chi connectivity index (χ4v) is 10.7. The summed E-state index contributed by atoms with van der Waals surface area (Å²) in [7, 11) is 0. The molecule has 0 aromatic carbocycles. The Balaban J connectivity index is 1.35. The molecule has 10 atom stereocenters. The van der Waals surface area contributed by atoms with E-state index in [-0.39, 0.29) is 17.9 Å². The number of aliphatic hydroxyl groups excluding tert-OH is 1. The second-order valence-corrected chi connectivity index (χ2v) is 14.4. The van der Waals surface area contributed by atoms with Gasteiger partial charge in [-0.05, 0) is 124 Å². The van der Waals surface area contributed by atoms with Gasteiger partial charge < -0.3 is 10.2 Å². The maximum atomic E-state index is 14.0. The highest BCUT2D eigenvalue weighted by molar-refractivity contribution is 5.34. The zero-order valence-electron chi connectivity index (χ0n) is 23.1. The Labute approximate surface area is 216 Å². The first-order chi connectivity index (χ1) is 16.7. The molecule has 5 rings (SSSR count). The molecule has 36 heavy (non-hydrogen) atoms. The van der Waals surface area contributed by atoms with Crippen molar-refractivity contribution in [3.8, 4) is 0 Å². The molecule has 1 unspecified atom stereocenters. The van der Waals surface area contributed by atoms with Crippen molar-refractivity contribution in [3.05, 3.63) is 11.1 Å². The molecule has 0 spiro atoms. The van der Waals surface area contributed by atoms with Gasteiger partial charge in [0.2, 0.25) is 0 Å². The van der Waals surface area contributed by atoms with Crippen molar-refractivity contribution in [1.82, 2.24) is 0 Å². The van der Waals surface area contributed by atoms with Crippen LogP contribution >= 0.6 is 0 Å². The van der Waals surface area contributed by atoms with Crippen molar-refractivity contribution in [2.75, 3.05) is 0 Å². The van der Waals surface area contributed by atoms with Gasteiger partial charge in [-0.25, -0.2) is 0 Å². The lowest BCUT2D eigenvalue weighted by Crippen LogP contribution is -2.60. The number of rotatable bonds is 5. The van der Waals surface area contributed by atoms with E-state index in [1.54, 1.807) is 6.92 Å². The van der Waals surface area contributed by atoms with Crippen molar-refractivity contribution < 1.29 is 23.4 Å². The second-order valence-electron chi connectivity index (χ2n) is 14.4. The third kappa shape index (κ3) is 3.87. The van der Waals surface area contributed by atoms with E-state index in [1.165, 1.54) is 38.5 Å². The molecule has 0 amide bonds. The van der Waals surface area contributed by atoms with Crippen LogP contribution in [-0.2, 0) is 0 Å². The summed E-state index contributed by atoms with van der Waals surface area (Å²) in [5, 5.41) is 21.4. The van der Waals surface area contributed by atoms with Crippen LogP contribution < -0.4 is 0 Å². The minimum atomic E-state index is -4.59. The average Bonchev–Trinajstić information content (AvgIpc) is 3.10. The third-order valence-corrected chi connectivity index (χ3v) is 12.9. The van der Waals surface area contributed by atoms with Gasteiger partial charge in [-0.2, -0.15) is 13.2 Å². The molecule has 0 aliphatic heterocycles. The Morgan fingerprint density at radius 1 is 0.972 bits per heavy atom. The van der Waals surface area contributed by atoms with Gasteiger partial charge in [0.05, 0.1) is 6.10 Å². The van der Waals surface area contributed by atoms with Gasteiger partial charge in [0.25, 0.3) is 0 Å². The van der Waals surface area contributed by atoms with E-state index in [2.05, 4.69) is 27.7 Å². The number of fused-ring (bicyclic) bond motifs is 5. The number of allylic oxidation sites excluding steroid dienone is 1. The molecule has 4 saturated carbocycles. The Kier molecular flexibility index (Phi) is 6.76. The van der Waals surface area contributed by atoms with Gasteiger partial charge >= 0.3 is 6.18 Å². The smallest absolute Gasteiger partial charge is 0.393 e. The first kappa shape index (κ1) is 27.0. The average molecular weight is 511 g/mol. The van der Waals surface area contributed by atoms with E-state index >= 15 is 0 Å². The lowest BCUT2D eigenvalue weighted by Gasteiger charge is -2.61. The van der Waals surface area contributed by atoms with Crippen LogP contribution in [0.25, 0.3) is 0 Å². The molecule has 4 fully saturated rings. The lowest BCUT2D eigenvalue weighted by molar-refractivity contribution is -0.287. The second kappa shape index (κ2) is 9.00. The summed E-state index contributed by atoms with van der Waals surface area (Å²) in [6, 6.07) is 0. The van der Waals surface area contributed by atoms with E-state index in [9.17, 15) is 23.4 Å². The summed E-state index contributed by atoms with van der Waals surface area (Å²) in [6.45, 7) is 10.8. The summed E-state index contributed by atoms with van der Waals surface area (Å²) in [5.74, 6) is 2.53. The first-order valence-corrected chi connectivity index (χ1v) is 14.9. The third-order valence-electron chi connectivity index (χ3n) is 12.9. The fourth-order valence-electron chi connectivity index (χ4n) is 10.7. The zero-order chi connectivity index (χ0) is 26.3. The van der Waals surface area contributed by atoms with Crippen LogP contribution in [0.5, 0.6) is 0 Å². The number of alkyl halides is 3. The van der Waals surface area contributed by atoms with Crippen LogP contribution in [0.3, 0.4) is 0 Å². The molecule has 2 nitrogen and oxygen atoms in total. The number of aliphatic hydroxyl groups is 2. The molecule has 0 aromatic rings. The Morgan fingerprint density at radius 2 is 1.67 bits per heavy atom. The van der Waals surface area contributed by atoms with Crippen molar-refractivity contribution in [3.63, 3.8) is 0 Å². The maximum Gasteiger partial charge on any atom is 0.417 e. The van der Waals surface area contributed by atoms with Crippen molar-refractivity contribution in [2.24, 2.45) is 52.3 Å². The van der Waals surface area contributed by atoms with Crippen molar-refractivity contribution >= 4 is 0 Å². The number of hydrogen-bond donors (Lipinski definition) is 2. The predicted octanol–water partition coefficient (Wildman–Crippen LogP) is 8.07. The SMILES string of the molecule is CC1=C2C(C)[C@](O)(C(F)(F)F)CC[C@]2(C)[C@H]2CC[C@@]3(C)[C@@H](CC[C@H]3[C@@H](C)CC[C@H](O)C3CCC3)[C@@H]2C1. The fraction of sp³-hybridized carbons (Fsp3) is 0.935. The Hall–Kier alpha value is -0.550. The lowest BCUT2D eigenvalue weighted by atomic mass is 9.44. The van der Waals surface area contributed by atoms with Gasteiger partial charge in [0, 0.05) is 5.92 Å². The highest BCUT2D eigenvalue weighted by Gasteiger charge is 2.66. The molecule has 5 aliphatic rings. The van der Waals surface area contributed by atoms with E-state index in [0.717, 1.165) is 36.8 Å². The Morgan fingerprint density at radius 3 is 2.28 bits per heavy atom. The van der Waals surface area contributed by atoms with Crippen LogP contribution in [0.15, 0.2) is 11.1 Å². The molecule has 0 heterocycles. The molecule has 0 aromatic heterocycles. The molecule has 0 radical (unpaired) electrons. The van der Waals surface area contributed by atoms with Gasteiger partial charge in [-0.15, -0.1) is 0 Å². The minimum absolute atomic E-state index is 0.130. The predicted molar refractivity (Wildman–Crippen MR) is 137 cm³/mol. The van der Waals surface area contributed by atoms with Crippen LogP contribution in [0.1, 0.15) is 112 Å². The van der Waals surface area contributed by atoms with E-state index in [0.29, 0.717) is 47.3 Å². The molecule has 206 valence electrons. The van der Waals surface area contributed by atoms with E-state index in [1.807, 2.05) is 0 Å². The van der Waals surface area contributed by atoms with Crippen LogP contribution in [0.4, 0.5) is 13.2 Å². The quantitative estimate of drug-likeness (QED) is 0.367. The molecule has 0 bridgehead atoms. The van der Waals surface area contributed by atoms with E-state index < -0.39 is 17.7 Å². The number of hydrogen-bond acceptors (Lipinski definition) is 2.